The van der Waals surface area contributed by atoms with Gasteiger partial charge in [0.2, 0.25) is 0 Å². The number of ether oxygens (including phenoxy) is 1. The maximum absolute atomic E-state index is 12.5. The van der Waals surface area contributed by atoms with Gasteiger partial charge in [-0.1, -0.05) is 0 Å². The number of nitrogens with one attached hydrogen (secondary N) is 1. The fraction of sp³-hybridized carbons (Fsp3) is 0.917. The van der Waals surface area contributed by atoms with E-state index in [4.69, 9.17) is 9.84 Å². The zero-order valence-corrected chi connectivity index (χ0v) is 9.94. The molecule has 0 aliphatic heterocycles. The molecule has 4 aliphatic carbocycles. The van der Waals surface area contributed by atoms with Crippen LogP contribution in [0, 0.1) is 17.8 Å². The predicted octanol–water partition coefficient (Wildman–Crippen LogP) is 2.44. The van der Waals surface area contributed by atoms with Crippen molar-refractivity contribution in [3.8, 4) is 0 Å². The second-order valence-electron chi connectivity index (χ2n) is 6.01. The molecule has 18 heavy (non-hydrogen) atoms. The zero-order valence-electron chi connectivity index (χ0n) is 9.94. The van der Waals surface area contributed by atoms with Gasteiger partial charge in [0.05, 0.1) is 5.60 Å². The number of amides is 1. The van der Waals surface area contributed by atoms with Crippen LogP contribution >= 0.6 is 0 Å². The lowest BCUT2D eigenvalue weighted by atomic mass is 9.52. The minimum absolute atomic E-state index is 0.0755. The summed E-state index contributed by atoms with van der Waals surface area (Å²) in [5.74, 6) is 0.741. The Morgan fingerprint density at radius 2 is 1.89 bits per heavy atom. The third-order valence-corrected chi connectivity index (χ3v) is 4.85. The van der Waals surface area contributed by atoms with Crippen LogP contribution in [0.5, 0.6) is 0 Å². The van der Waals surface area contributed by atoms with Crippen LogP contribution in [0.2, 0.25) is 0 Å². The Morgan fingerprint density at radius 1 is 1.28 bits per heavy atom. The minimum Gasteiger partial charge on any atom is -0.465 e. The van der Waals surface area contributed by atoms with E-state index in [1.54, 1.807) is 0 Å². The Hall–Kier alpha value is -0.910. The van der Waals surface area contributed by atoms with Crippen molar-refractivity contribution in [2.24, 2.45) is 17.8 Å². The number of carbonyl (C=O) groups is 1. The topological polar surface area (TPSA) is 58.6 Å². The van der Waals surface area contributed by atoms with E-state index in [0.717, 1.165) is 12.8 Å². The summed E-state index contributed by atoms with van der Waals surface area (Å²) in [6.07, 6.45) is 2.71. The Labute approximate surface area is 104 Å². The Bertz CT molecular complexity index is 343. The number of hydrogen-bond donors (Lipinski definition) is 2. The van der Waals surface area contributed by atoms with Crippen LogP contribution in [-0.2, 0) is 4.74 Å². The van der Waals surface area contributed by atoms with Gasteiger partial charge in [-0.25, -0.2) is 4.79 Å². The van der Waals surface area contributed by atoms with Crippen LogP contribution in [0.1, 0.15) is 32.1 Å². The standard InChI is InChI=1S/C12H17F2NO3/c13-10(14)18-12-3-6-1-7(4-12)9(15-11(16)17)8(2-6)5-12/h6-10,15H,1-5H2,(H,16,17). The van der Waals surface area contributed by atoms with Crippen LogP contribution in [0.4, 0.5) is 13.6 Å². The molecule has 0 aromatic carbocycles. The molecule has 0 radical (unpaired) electrons. The number of carboxylic acid groups (broad SMARTS) is 1. The number of rotatable bonds is 3. The van der Waals surface area contributed by atoms with E-state index in [0.29, 0.717) is 25.2 Å². The molecule has 4 rings (SSSR count). The highest BCUT2D eigenvalue weighted by Gasteiger charge is 2.57. The first-order chi connectivity index (χ1) is 8.47. The molecular weight excluding hydrogens is 244 g/mol. The molecule has 1 amide bonds. The van der Waals surface area contributed by atoms with E-state index in [-0.39, 0.29) is 17.9 Å². The van der Waals surface area contributed by atoms with Crippen molar-refractivity contribution in [1.82, 2.24) is 5.32 Å². The molecule has 6 heteroatoms. The van der Waals surface area contributed by atoms with Crippen molar-refractivity contribution in [3.05, 3.63) is 0 Å². The smallest absolute Gasteiger partial charge is 0.404 e. The van der Waals surface area contributed by atoms with Crippen molar-refractivity contribution < 1.29 is 23.4 Å². The summed E-state index contributed by atoms with van der Waals surface area (Å²) in [6.45, 7) is -2.73. The molecule has 2 N–H and O–H groups in total. The van der Waals surface area contributed by atoms with Gasteiger partial charge in [0.25, 0.3) is 0 Å². The SMILES string of the molecule is O=C(O)NC1C2CC3CC1CC(OC(F)F)(C3)C2. The highest BCUT2D eigenvalue weighted by atomic mass is 19.3. The fourth-order valence-electron chi connectivity index (χ4n) is 4.66. The molecule has 2 atom stereocenters. The quantitative estimate of drug-likeness (QED) is 0.820. The summed E-state index contributed by atoms with van der Waals surface area (Å²) < 4.78 is 29.9. The van der Waals surface area contributed by atoms with Gasteiger partial charge in [-0.05, 0) is 49.9 Å². The van der Waals surface area contributed by atoms with Gasteiger partial charge in [-0.15, -0.1) is 0 Å². The molecule has 0 heterocycles. The first kappa shape index (κ1) is 12.1. The first-order valence-electron chi connectivity index (χ1n) is 6.43. The zero-order chi connectivity index (χ0) is 12.9. The van der Waals surface area contributed by atoms with Gasteiger partial charge < -0.3 is 15.2 Å². The molecule has 0 spiro atoms. The fourth-order valence-corrected chi connectivity index (χ4v) is 4.66. The molecule has 4 fully saturated rings. The van der Waals surface area contributed by atoms with Gasteiger partial charge in [0.15, 0.2) is 0 Å². The third kappa shape index (κ3) is 1.96. The molecule has 0 aromatic rings. The summed E-state index contributed by atoms with van der Waals surface area (Å²) in [5.41, 5.74) is -0.693. The molecule has 4 nitrogen and oxygen atoms in total. The number of halogens is 2. The molecule has 4 saturated carbocycles. The summed E-state index contributed by atoms with van der Waals surface area (Å²) >= 11 is 0. The van der Waals surface area contributed by atoms with Crippen LogP contribution in [0.25, 0.3) is 0 Å². The van der Waals surface area contributed by atoms with Crippen LogP contribution in [0.3, 0.4) is 0 Å². The highest BCUT2D eigenvalue weighted by molar-refractivity contribution is 5.65. The van der Waals surface area contributed by atoms with E-state index in [2.05, 4.69) is 5.32 Å². The molecular formula is C12H17F2NO3. The lowest BCUT2D eigenvalue weighted by molar-refractivity contribution is -0.260. The van der Waals surface area contributed by atoms with Crippen molar-refractivity contribution in [3.63, 3.8) is 0 Å². The van der Waals surface area contributed by atoms with E-state index in [9.17, 15) is 13.6 Å². The van der Waals surface area contributed by atoms with Crippen LogP contribution in [-0.4, -0.2) is 29.5 Å². The average molecular weight is 261 g/mol. The van der Waals surface area contributed by atoms with Crippen LogP contribution < -0.4 is 5.32 Å². The van der Waals surface area contributed by atoms with Crippen LogP contribution in [0.15, 0.2) is 0 Å². The Morgan fingerprint density at radius 3 is 2.39 bits per heavy atom. The lowest BCUT2D eigenvalue weighted by Crippen LogP contribution is -2.62. The maximum atomic E-state index is 12.5. The number of alkyl halides is 2. The first-order valence-corrected chi connectivity index (χ1v) is 6.43. The second-order valence-corrected chi connectivity index (χ2v) is 6.01. The second kappa shape index (κ2) is 4.05. The lowest BCUT2D eigenvalue weighted by Gasteiger charge is -2.59. The highest BCUT2D eigenvalue weighted by Crippen LogP contribution is 2.57. The average Bonchev–Trinajstić information content (AvgIpc) is 2.20. The number of hydrogen-bond acceptors (Lipinski definition) is 2. The van der Waals surface area contributed by atoms with Crippen molar-refractivity contribution in [1.29, 1.82) is 0 Å². The van der Waals surface area contributed by atoms with E-state index in [1.807, 2.05) is 0 Å². The largest absolute Gasteiger partial charge is 0.465 e. The van der Waals surface area contributed by atoms with Gasteiger partial charge in [0, 0.05) is 6.04 Å². The third-order valence-electron chi connectivity index (χ3n) is 4.85. The summed E-state index contributed by atoms with van der Waals surface area (Å²) in [5, 5.41) is 11.4. The van der Waals surface area contributed by atoms with Crippen molar-refractivity contribution >= 4 is 6.09 Å². The van der Waals surface area contributed by atoms with Gasteiger partial charge >= 0.3 is 12.7 Å². The molecule has 0 saturated heterocycles. The molecule has 4 bridgehead atoms. The van der Waals surface area contributed by atoms with E-state index >= 15 is 0 Å². The van der Waals surface area contributed by atoms with Gasteiger partial charge in [0.1, 0.15) is 0 Å². The normalized spacial score (nSPS) is 45.5. The predicted molar refractivity (Wildman–Crippen MR) is 58.3 cm³/mol. The molecule has 102 valence electrons. The van der Waals surface area contributed by atoms with E-state index < -0.39 is 18.3 Å². The van der Waals surface area contributed by atoms with Gasteiger partial charge in [-0.3, -0.25) is 0 Å². The Balaban J connectivity index is 1.77. The molecule has 0 aromatic heterocycles. The maximum Gasteiger partial charge on any atom is 0.404 e. The summed E-state index contributed by atoms with van der Waals surface area (Å²) in [6, 6.07) is -0.0755. The monoisotopic (exact) mass is 261 g/mol. The summed E-state index contributed by atoms with van der Waals surface area (Å²) in [4.78, 5) is 10.8. The molecule has 2 unspecified atom stereocenters. The minimum atomic E-state index is -2.73. The van der Waals surface area contributed by atoms with Gasteiger partial charge in [-0.2, -0.15) is 8.78 Å². The Kier molecular flexibility index (Phi) is 2.73. The molecule has 4 aliphatic rings. The summed E-state index contributed by atoms with van der Waals surface area (Å²) in [7, 11) is 0. The van der Waals surface area contributed by atoms with Crippen molar-refractivity contribution in [2.45, 2.75) is 50.4 Å². The van der Waals surface area contributed by atoms with Crippen molar-refractivity contribution in [2.75, 3.05) is 0 Å². The van der Waals surface area contributed by atoms with E-state index in [1.165, 1.54) is 0 Å².